The van der Waals surface area contributed by atoms with Crippen molar-refractivity contribution in [2.75, 3.05) is 5.32 Å². The molecule has 0 saturated heterocycles. The fraction of sp³-hybridized carbons (Fsp3) is 0.556. The van der Waals surface area contributed by atoms with Gasteiger partial charge in [0, 0.05) is 17.3 Å². The van der Waals surface area contributed by atoms with Crippen LogP contribution >= 0.6 is 0 Å². The average molecular weight is 255 g/mol. The van der Waals surface area contributed by atoms with E-state index >= 15 is 0 Å². The normalized spacial score (nSPS) is 21.6. The number of anilines is 1. The van der Waals surface area contributed by atoms with Gasteiger partial charge in [-0.1, -0.05) is 39.7 Å². The van der Waals surface area contributed by atoms with Gasteiger partial charge in [0.05, 0.1) is 0 Å². The molecule has 1 saturated carbocycles. The molecule has 2 rings (SSSR count). The lowest BCUT2D eigenvalue weighted by Crippen LogP contribution is -2.40. The minimum Gasteiger partial charge on any atom is -0.382 e. The Morgan fingerprint density at radius 1 is 1.16 bits per heavy atom. The first-order chi connectivity index (χ1) is 8.80. The van der Waals surface area contributed by atoms with Crippen molar-refractivity contribution in [1.82, 2.24) is 0 Å². The second kappa shape index (κ2) is 4.93. The molecule has 1 N–H and O–H groups in total. The summed E-state index contributed by atoms with van der Waals surface area (Å²) in [6.45, 7) is 9.50. The van der Waals surface area contributed by atoms with Crippen LogP contribution in [0, 0.1) is 23.2 Å². The monoisotopic (exact) mass is 255 g/mol. The zero-order valence-corrected chi connectivity index (χ0v) is 12.6. The molecule has 0 aromatic heterocycles. The third-order valence-electron chi connectivity index (χ3n) is 3.96. The Labute approximate surface area is 117 Å². The molecule has 1 aromatic rings. The van der Waals surface area contributed by atoms with Crippen molar-refractivity contribution in [2.45, 2.75) is 53.0 Å². The van der Waals surface area contributed by atoms with Gasteiger partial charge in [0.15, 0.2) is 0 Å². The van der Waals surface area contributed by atoms with E-state index in [1.165, 1.54) is 19.3 Å². The summed E-state index contributed by atoms with van der Waals surface area (Å²) in [6.07, 6.45) is 9.19. The Bertz CT molecular complexity index is 475. The van der Waals surface area contributed by atoms with Gasteiger partial charge in [0.1, 0.15) is 0 Å². The molecule has 0 heterocycles. The van der Waals surface area contributed by atoms with Crippen LogP contribution in [-0.4, -0.2) is 6.04 Å². The Balaban J connectivity index is 2.12. The quantitative estimate of drug-likeness (QED) is 0.756. The molecule has 1 heteroatoms. The second-order valence-electron chi connectivity index (χ2n) is 7.48. The lowest BCUT2D eigenvalue weighted by Gasteiger charge is -2.45. The number of hydrogen-bond acceptors (Lipinski definition) is 1. The topological polar surface area (TPSA) is 12.0 Å². The van der Waals surface area contributed by atoms with Gasteiger partial charge in [-0.05, 0) is 48.3 Å². The molecule has 1 aliphatic carbocycles. The molecular weight excluding hydrogens is 230 g/mol. The van der Waals surface area contributed by atoms with Crippen LogP contribution in [0.4, 0.5) is 5.69 Å². The zero-order valence-electron chi connectivity index (χ0n) is 12.6. The molecule has 0 radical (unpaired) electrons. The van der Waals surface area contributed by atoms with Crippen molar-refractivity contribution in [1.29, 1.82) is 0 Å². The zero-order chi connectivity index (χ0) is 14.1. The van der Waals surface area contributed by atoms with Gasteiger partial charge in [-0.2, -0.15) is 0 Å². The van der Waals surface area contributed by atoms with Crippen LogP contribution in [0.15, 0.2) is 24.3 Å². The molecule has 0 aliphatic heterocycles. The van der Waals surface area contributed by atoms with Crippen LogP contribution < -0.4 is 5.32 Å². The third kappa shape index (κ3) is 3.77. The van der Waals surface area contributed by atoms with Crippen molar-refractivity contribution in [3.63, 3.8) is 0 Å². The Hall–Kier alpha value is -1.42. The summed E-state index contributed by atoms with van der Waals surface area (Å²) in [5, 5.41) is 3.67. The Morgan fingerprint density at radius 3 is 2.37 bits per heavy atom. The molecule has 0 atom stereocenters. The largest absolute Gasteiger partial charge is 0.382 e. The summed E-state index contributed by atoms with van der Waals surface area (Å²) in [6, 6.07) is 8.70. The lowest BCUT2D eigenvalue weighted by atomic mass is 9.63. The van der Waals surface area contributed by atoms with Crippen LogP contribution in [0.1, 0.15) is 52.5 Å². The summed E-state index contributed by atoms with van der Waals surface area (Å²) in [4.78, 5) is 0. The van der Waals surface area contributed by atoms with E-state index in [4.69, 9.17) is 6.42 Å². The summed E-state index contributed by atoms with van der Waals surface area (Å²) < 4.78 is 0. The maximum absolute atomic E-state index is 5.46. The standard InChI is InChI=1S/C18H25N/c1-6-14-8-7-9-15(10-14)19-16-11-17(2,3)13-18(4,5)12-16/h1,7-10,16,19H,11-13H2,2-5H3. The second-order valence-corrected chi connectivity index (χ2v) is 7.48. The van der Waals surface area contributed by atoms with Crippen molar-refractivity contribution in [2.24, 2.45) is 10.8 Å². The predicted octanol–water partition coefficient (Wildman–Crippen LogP) is 4.68. The number of hydrogen-bond donors (Lipinski definition) is 1. The number of terminal acetylenes is 1. The van der Waals surface area contributed by atoms with Crippen LogP contribution in [0.25, 0.3) is 0 Å². The van der Waals surface area contributed by atoms with E-state index in [-0.39, 0.29) is 0 Å². The molecule has 0 bridgehead atoms. The van der Waals surface area contributed by atoms with Crippen LogP contribution in [0.5, 0.6) is 0 Å². The molecule has 0 spiro atoms. The van der Waals surface area contributed by atoms with E-state index in [1.54, 1.807) is 0 Å². The highest BCUT2D eigenvalue weighted by atomic mass is 14.9. The van der Waals surface area contributed by atoms with E-state index in [9.17, 15) is 0 Å². The number of nitrogens with one attached hydrogen (secondary N) is 1. The summed E-state index contributed by atoms with van der Waals surface area (Å²) in [5.41, 5.74) is 2.90. The first-order valence-electron chi connectivity index (χ1n) is 7.13. The molecule has 0 amide bonds. The van der Waals surface area contributed by atoms with Crippen molar-refractivity contribution < 1.29 is 0 Å². The smallest absolute Gasteiger partial charge is 0.0354 e. The number of rotatable bonds is 2. The van der Waals surface area contributed by atoms with Gasteiger partial charge in [0.25, 0.3) is 0 Å². The van der Waals surface area contributed by atoms with Gasteiger partial charge in [-0.15, -0.1) is 6.42 Å². The van der Waals surface area contributed by atoms with Gasteiger partial charge >= 0.3 is 0 Å². The maximum atomic E-state index is 5.46. The average Bonchev–Trinajstić information content (AvgIpc) is 2.24. The van der Waals surface area contributed by atoms with Crippen LogP contribution in [-0.2, 0) is 0 Å². The van der Waals surface area contributed by atoms with Crippen molar-refractivity contribution in [3.05, 3.63) is 29.8 Å². The van der Waals surface area contributed by atoms with Crippen molar-refractivity contribution in [3.8, 4) is 12.3 Å². The summed E-state index contributed by atoms with van der Waals surface area (Å²) in [5.74, 6) is 2.70. The summed E-state index contributed by atoms with van der Waals surface area (Å²) in [7, 11) is 0. The molecule has 19 heavy (non-hydrogen) atoms. The minimum atomic E-state index is 0.406. The Morgan fingerprint density at radius 2 is 1.79 bits per heavy atom. The highest BCUT2D eigenvalue weighted by molar-refractivity contribution is 5.50. The van der Waals surface area contributed by atoms with E-state index in [0.29, 0.717) is 16.9 Å². The van der Waals surface area contributed by atoms with E-state index in [1.807, 2.05) is 12.1 Å². The number of benzene rings is 1. The molecular formula is C18H25N. The fourth-order valence-corrected chi connectivity index (χ4v) is 3.88. The highest BCUT2D eigenvalue weighted by Crippen LogP contribution is 2.46. The van der Waals surface area contributed by atoms with E-state index < -0.39 is 0 Å². The lowest BCUT2D eigenvalue weighted by molar-refractivity contribution is 0.105. The molecule has 102 valence electrons. The van der Waals surface area contributed by atoms with Gasteiger partial charge in [-0.25, -0.2) is 0 Å². The van der Waals surface area contributed by atoms with E-state index in [2.05, 4.69) is 51.1 Å². The molecule has 1 fully saturated rings. The minimum absolute atomic E-state index is 0.406. The predicted molar refractivity (Wildman–Crippen MR) is 83.2 cm³/mol. The van der Waals surface area contributed by atoms with Gasteiger partial charge in [-0.3, -0.25) is 0 Å². The van der Waals surface area contributed by atoms with Gasteiger partial charge in [0.2, 0.25) is 0 Å². The first-order valence-corrected chi connectivity index (χ1v) is 7.13. The highest BCUT2D eigenvalue weighted by Gasteiger charge is 2.38. The molecule has 1 nitrogen and oxygen atoms in total. The maximum Gasteiger partial charge on any atom is 0.0354 e. The van der Waals surface area contributed by atoms with Crippen molar-refractivity contribution >= 4 is 5.69 Å². The Kier molecular flexibility index (Phi) is 3.63. The van der Waals surface area contributed by atoms with Crippen LogP contribution in [0.3, 0.4) is 0 Å². The molecule has 1 aliphatic rings. The SMILES string of the molecule is C#Cc1cccc(NC2CC(C)(C)CC(C)(C)C2)c1. The summed E-state index contributed by atoms with van der Waals surface area (Å²) >= 11 is 0. The first kappa shape index (κ1) is 14.0. The van der Waals surface area contributed by atoms with Crippen LogP contribution in [0.2, 0.25) is 0 Å². The van der Waals surface area contributed by atoms with E-state index in [0.717, 1.165) is 11.3 Å². The molecule has 1 aromatic carbocycles. The third-order valence-corrected chi connectivity index (χ3v) is 3.96. The van der Waals surface area contributed by atoms with Gasteiger partial charge < -0.3 is 5.32 Å². The molecule has 0 unspecified atom stereocenters. The fourth-order valence-electron chi connectivity index (χ4n) is 3.88.